The number of hydrogen-bond acceptors (Lipinski definition) is 2. The number of nitrogens with two attached hydrogens (primary N) is 1. The first-order valence-electron chi connectivity index (χ1n) is 9.04. The molecule has 24 heavy (non-hydrogen) atoms. The maximum Gasteiger partial charge on any atom is 0.188 e. The zero-order chi connectivity index (χ0) is 17.3. The molecule has 1 saturated heterocycles. The Balaban J connectivity index is 1.97. The largest absolute Gasteiger partial charge is 0.381 e. The van der Waals surface area contributed by atoms with Gasteiger partial charge in [0.25, 0.3) is 0 Å². The summed E-state index contributed by atoms with van der Waals surface area (Å²) in [7, 11) is 0. The fraction of sp³-hybridized carbons (Fsp3) is 0.632. The van der Waals surface area contributed by atoms with E-state index in [1.165, 1.54) is 25.3 Å². The molecule has 1 aliphatic rings. The van der Waals surface area contributed by atoms with Crippen LogP contribution in [-0.2, 0) is 10.2 Å². The van der Waals surface area contributed by atoms with Crippen LogP contribution in [0, 0.1) is 5.82 Å². The van der Waals surface area contributed by atoms with Crippen LogP contribution in [0.3, 0.4) is 0 Å². The van der Waals surface area contributed by atoms with E-state index in [-0.39, 0.29) is 11.2 Å². The summed E-state index contributed by atoms with van der Waals surface area (Å²) in [4.78, 5) is 4.55. The first-order chi connectivity index (χ1) is 11.7. The SMILES string of the molecule is CCCCCCNC(N)=NCC1(c2cccc(F)c2)CCOCC1. The van der Waals surface area contributed by atoms with Gasteiger partial charge in [-0.1, -0.05) is 38.3 Å². The molecular weight excluding hydrogens is 305 g/mol. The van der Waals surface area contributed by atoms with Crippen LogP contribution in [0.5, 0.6) is 0 Å². The van der Waals surface area contributed by atoms with Crippen LogP contribution in [0.2, 0.25) is 0 Å². The highest BCUT2D eigenvalue weighted by atomic mass is 19.1. The average molecular weight is 335 g/mol. The van der Waals surface area contributed by atoms with Gasteiger partial charge in [0, 0.05) is 25.2 Å². The van der Waals surface area contributed by atoms with Crippen molar-refractivity contribution in [2.45, 2.75) is 50.9 Å². The van der Waals surface area contributed by atoms with Crippen LogP contribution in [0.15, 0.2) is 29.3 Å². The van der Waals surface area contributed by atoms with Gasteiger partial charge in [0.05, 0.1) is 6.54 Å². The zero-order valence-electron chi connectivity index (χ0n) is 14.7. The van der Waals surface area contributed by atoms with Gasteiger partial charge in [-0.3, -0.25) is 4.99 Å². The normalized spacial score (nSPS) is 17.7. The maximum absolute atomic E-state index is 13.7. The van der Waals surface area contributed by atoms with E-state index in [0.717, 1.165) is 31.4 Å². The van der Waals surface area contributed by atoms with Crippen molar-refractivity contribution in [1.82, 2.24) is 5.32 Å². The number of halogens is 1. The molecule has 3 N–H and O–H groups in total. The predicted octanol–water partition coefficient (Wildman–Crippen LogP) is 3.36. The summed E-state index contributed by atoms with van der Waals surface area (Å²) in [5, 5.41) is 3.18. The minimum absolute atomic E-state index is 0.186. The van der Waals surface area contributed by atoms with Crippen LogP contribution >= 0.6 is 0 Å². The van der Waals surface area contributed by atoms with Crippen molar-refractivity contribution in [2.75, 3.05) is 26.3 Å². The molecular formula is C19H30FN3O. The Bertz CT molecular complexity index is 527. The predicted molar refractivity (Wildman–Crippen MR) is 96.8 cm³/mol. The van der Waals surface area contributed by atoms with E-state index in [1.54, 1.807) is 12.1 Å². The molecule has 1 aromatic rings. The maximum atomic E-state index is 13.7. The highest BCUT2D eigenvalue weighted by molar-refractivity contribution is 5.77. The van der Waals surface area contributed by atoms with E-state index in [1.807, 2.05) is 6.07 Å². The van der Waals surface area contributed by atoms with Gasteiger partial charge in [0.2, 0.25) is 0 Å². The lowest BCUT2D eigenvalue weighted by Gasteiger charge is -2.36. The highest BCUT2D eigenvalue weighted by Gasteiger charge is 2.34. The van der Waals surface area contributed by atoms with Crippen molar-refractivity contribution < 1.29 is 9.13 Å². The third kappa shape index (κ3) is 5.48. The topological polar surface area (TPSA) is 59.6 Å². The lowest BCUT2D eigenvalue weighted by molar-refractivity contribution is 0.0530. The number of hydrogen-bond donors (Lipinski definition) is 2. The molecule has 0 spiro atoms. The van der Waals surface area contributed by atoms with Gasteiger partial charge >= 0.3 is 0 Å². The van der Waals surface area contributed by atoms with Crippen LogP contribution in [0.4, 0.5) is 4.39 Å². The number of aliphatic imine (C=N–C) groups is 1. The molecule has 0 saturated carbocycles. The van der Waals surface area contributed by atoms with Crippen molar-refractivity contribution in [3.63, 3.8) is 0 Å². The van der Waals surface area contributed by atoms with Crippen LogP contribution in [-0.4, -0.2) is 32.3 Å². The lowest BCUT2D eigenvalue weighted by atomic mass is 9.74. The molecule has 1 heterocycles. The molecule has 1 aliphatic heterocycles. The van der Waals surface area contributed by atoms with Gasteiger partial charge in [0.15, 0.2) is 5.96 Å². The second kappa shape index (κ2) is 9.62. The molecule has 5 heteroatoms. The smallest absolute Gasteiger partial charge is 0.188 e. The molecule has 134 valence electrons. The second-order valence-corrected chi connectivity index (χ2v) is 6.59. The molecule has 0 amide bonds. The summed E-state index contributed by atoms with van der Waals surface area (Å²) >= 11 is 0. The summed E-state index contributed by atoms with van der Waals surface area (Å²) in [5.74, 6) is 0.276. The number of benzene rings is 1. The van der Waals surface area contributed by atoms with Crippen molar-refractivity contribution in [3.8, 4) is 0 Å². The first-order valence-corrected chi connectivity index (χ1v) is 9.04. The van der Waals surface area contributed by atoms with Gasteiger partial charge < -0.3 is 15.8 Å². The Hall–Kier alpha value is -1.62. The van der Waals surface area contributed by atoms with Crippen molar-refractivity contribution in [1.29, 1.82) is 0 Å². The van der Waals surface area contributed by atoms with Crippen molar-refractivity contribution in [3.05, 3.63) is 35.6 Å². The van der Waals surface area contributed by atoms with Gasteiger partial charge in [-0.25, -0.2) is 4.39 Å². The number of nitrogens with zero attached hydrogens (tertiary/aromatic N) is 1. The van der Waals surface area contributed by atoms with Crippen LogP contribution in [0.25, 0.3) is 0 Å². The highest BCUT2D eigenvalue weighted by Crippen LogP contribution is 2.35. The Kier molecular flexibility index (Phi) is 7.50. The van der Waals surface area contributed by atoms with Gasteiger partial charge in [-0.05, 0) is 37.0 Å². The van der Waals surface area contributed by atoms with E-state index in [9.17, 15) is 4.39 Å². The molecule has 0 atom stereocenters. The van der Waals surface area contributed by atoms with Gasteiger partial charge in [0.1, 0.15) is 5.82 Å². The standard InChI is InChI=1S/C19H30FN3O/c1-2-3-4-5-11-22-18(21)23-15-19(9-12-24-13-10-19)16-7-6-8-17(20)14-16/h6-8,14H,2-5,9-13,15H2,1H3,(H3,21,22,23). The molecule has 2 rings (SSSR count). The van der Waals surface area contributed by atoms with E-state index >= 15 is 0 Å². The number of guanidine groups is 1. The summed E-state index contributed by atoms with van der Waals surface area (Å²) in [6.45, 7) is 4.97. The Morgan fingerprint density at radius 1 is 1.29 bits per heavy atom. The molecule has 0 unspecified atom stereocenters. The molecule has 4 nitrogen and oxygen atoms in total. The number of unbranched alkanes of at least 4 members (excludes halogenated alkanes) is 3. The molecule has 0 bridgehead atoms. The third-order valence-corrected chi connectivity index (χ3v) is 4.78. The van der Waals surface area contributed by atoms with Gasteiger partial charge in [-0.2, -0.15) is 0 Å². The van der Waals surface area contributed by atoms with E-state index in [0.29, 0.717) is 25.7 Å². The van der Waals surface area contributed by atoms with E-state index in [4.69, 9.17) is 10.5 Å². The van der Waals surface area contributed by atoms with Gasteiger partial charge in [-0.15, -0.1) is 0 Å². The van der Waals surface area contributed by atoms with Crippen molar-refractivity contribution in [2.24, 2.45) is 10.7 Å². The van der Waals surface area contributed by atoms with Crippen LogP contribution in [0.1, 0.15) is 51.0 Å². The molecule has 1 aromatic carbocycles. The molecule has 1 fully saturated rings. The fourth-order valence-corrected chi connectivity index (χ4v) is 3.18. The molecule has 0 aliphatic carbocycles. The summed E-state index contributed by atoms with van der Waals surface area (Å²) in [6, 6.07) is 6.85. The number of ether oxygens (including phenoxy) is 1. The lowest BCUT2D eigenvalue weighted by Crippen LogP contribution is -2.39. The average Bonchev–Trinajstić information content (AvgIpc) is 2.61. The van der Waals surface area contributed by atoms with Crippen LogP contribution < -0.4 is 11.1 Å². The van der Waals surface area contributed by atoms with Crippen molar-refractivity contribution >= 4 is 5.96 Å². The summed E-state index contributed by atoms with van der Waals surface area (Å²) in [5.41, 5.74) is 6.81. The Morgan fingerprint density at radius 3 is 2.79 bits per heavy atom. The molecule has 0 aromatic heterocycles. The zero-order valence-corrected chi connectivity index (χ0v) is 14.7. The quantitative estimate of drug-likeness (QED) is 0.435. The summed E-state index contributed by atoms with van der Waals surface area (Å²) in [6.07, 6.45) is 6.46. The molecule has 0 radical (unpaired) electrons. The number of rotatable bonds is 8. The first kappa shape index (κ1) is 18.7. The minimum atomic E-state index is -0.204. The third-order valence-electron chi connectivity index (χ3n) is 4.78. The Morgan fingerprint density at radius 2 is 2.08 bits per heavy atom. The minimum Gasteiger partial charge on any atom is -0.381 e. The Labute approximate surface area is 144 Å². The number of nitrogens with one attached hydrogen (secondary N) is 1. The monoisotopic (exact) mass is 335 g/mol. The summed E-state index contributed by atoms with van der Waals surface area (Å²) < 4.78 is 19.2. The second-order valence-electron chi connectivity index (χ2n) is 6.59. The van der Waals surface area contributed by atoms with E-state index < -0.39 is 0 Å². The van der Waals surface area contributed by atoms with E-state index in [2.05, 4.69) is 17.2 Å². The fourth-order valence-electron chi connectivity index (χ4n) is 3.18.